The highest BCUT2D eigenvalue weighted by Crippen LogP contribution is 2.34. The molecule has 1 N–H and O–H groups in total. The Morgan fingerprint density at radius 2 is 1.84 bits per heavy atom. The Labute approximate surface area is 186 Å². The van der Waals surface area contributed by atoms with Crippen LogP contribution in [0.1, 0.15) is 56.6 Å². The van der Waals surface area contributed by atoms with Crippen LogP contribution < -0.4 is 15.7 Å². The maximum absolute atomic E-state index is 12.3. The first-order chi connectivity index (χ1) is 14.9. The molecule has 2 aliphatic carbocycles. The molecule has 1 aromatic heterocycles. The minimum atomic E-state index is -0.298. The van der Waals surface area contributed by atoms with E-state index in [1.54, 1.807) is 19.1 Å². The Bertz CT molecular complexity index is 1050. The monoisotopic (exact) mass is 445 g/mol. The molecule has 6 nitrogen and oxygen atoms in total. The molecule has 1 amide bonds. The number of fused-ring (bicyclic) bond motifs is 3. The third-order valence-corrected chi connectivity index (χ3v) is 6.94. The number of hydrogen-bond donors (Lipinski definition) is 1. The molecule has 31 heavy (non-hydrogen) atoms. The number of carbonyl (C=O) groups excluding carboxylic acids is 2. The summed E-state index contributed by atoms with van der Waals surface area (Å²) in [7, 11) is 0. The minimum Gasteiger partial charge on any atom is -0.482 e. The summed E-state index contributed by atoms with van der Waals surface area (Å²) in [5.41, 5.74) is 1.91. The largest absolute Gasteiger partial charge is 0.482 e. The fourth-order valence-electron chi connectivity index (χ4n) is 4.78. The van der Waals surface area contributed by atoms with Crippen LogP contribution in [-0.4, -0.2) is 24.8 Å². The fraction of sp³-hybridized carbons (Fsp3) is 0.542. The van der Waals surface area contributed by atoms with Crippen LogP contribution in [0, 0.1) is 11.8 Å². The fourth-order valence-corrected chi connectivity index (χ4v) is 5.00. The quantitative estimate of drug-likeness (QED) is 0.673. The normalized spacial score (nSPS) is 20.8. The molecule has 1 saturated carbocycles. The SMILES string of the molecule is CC(=O)[C@H]1CC[C@H](CNC(=O)COc2cc3oc(=O)c4c(c3cc2Cl)CCCC4)CC1. The number of amides is 1. The van der Waals surface area contributed by atoms with E-state index in [0.29, 0.717) is 28.8 Å². The summed E-state index contributed by atoms with van der Waals surface area (Å²) in [6.45, 7) is 2.07. The van der Waals surface area contributed by atoms with Crippen LogP contribution in [0.4, 0.5) is 0 Å². The van der Waals surface area contributed by atoms with Crippen molar-refractivity contribution in [2.45, 2.75) is 58.3 Å². The summed E-state index contributed by atoms with van der Waals surface area (Å²) < 4.78 is 11.1. The van der Waals surface area contributed by atoms with Gasteiger partial charge in [-0.3, -0.25) is 9.59 Å². The van der Waals surface area contributed by atoms with Crippen molar-refractivity contribution in [3.63, 3.8) is 0 Å². The topological polar surface area (TPSA) is 85.6 Å². The molecular weight excluding hydrogens is 418 g/mol. The molecule has 0 saturated heterocycles. The second kappa shape index (κ2) is 9.43. The van der Waals surface area contributed by atoms with Crippen LogP contribution in [0.15, 0.2) is 21.3 Å². The number of aryl methyl sites for hydroxylation is 1. The van der Waals surface area contributed by atoms with Crippen molar-refractivity contribution in [1.29, 1.82) is 0 Å². The molecule has 166 valence electrons. The van der Waals surface area contributed by atoms with E-state index in [1.807, 2.05) is 0 Å². The molecule has 1 fully saturated rings. The van der Waals surface area contributed by atoms with Crippen LogP contribution >= 0.6 is 11.6 Å². The first-order valence-electron chi connectivity index (χ1n) is 11.1. The summed E-state index contributed by atoms with van der Waals surface area (Å²) in [6, 6.07) is 3.37. The van der Waals surface area contributed by atoms with Gasteiger partial charge in [-0.25, -0.2) is 4.79 Å². The van der Waals surface area contributed by atoms with Crippen molar-refractivity contribution < 1.29 is 18.7 Å². The van der Waals surface area contributed by atoms with E-state index >= 15 is 0 Å². The predicted octanol–water partition coefficient (Wildman–Crippen LogP) is 4.22. The summed E-state index contributed by atoms with van der Waals surface area (Å²) in [4.78, 5) is 36.0. The summed E-state index contributed by atoms with van der Waals surface area (Å²) >= 11 is 6.40. The third-order valence-electron chi connectivity index (χ3n) is 6.64. The lowest BCUT2D eigenvalue weighted by Gasteiger charge is -2.27. The second-order valence-corrected chi connectivity index (χ2v) is 9.16. The van der Waals surface area contributed by atoms with Crippen molar-refractivity contribution in [3.8, 4) is 5.75 Å². The van der Waals surface area contributed by atoms with Crippen molar-refractivity contribution >= 4 is 34.3 Å². The number of hydrogen-bond acceptors (Lipinski definition) is 5. The third kappa shape index (κ3) is 4.95. The van der Waals surface area contributed by atoms with Gasteiger partial charge in [0.2, 0.25) is 0 Å². The lowest BCUT2D eigenvalue weighted by molar-refractivity contribution is -0.124. The van der Waals surface area contributed by atoms with Gasteiger partial charge >= 0.3 is 5.63 Å². The number of ketones is 1. The van der Waals surface area contributed by atoms with E-state index in [1.165, 1.54) is 0 Å². The van der Waals surface area contributed by atoms with Gasteiger partial charge in [0.25, 0.3) is 5.91 Å². The molecule has 2 aliphatic rings. The van der Waals surface area contributed by atoms with Crippen LogP contribution in [-0.2, 0) is 22.4 Å². The average Bonchev–Trinajstić information content (AvgIpc) is 2.77. The van der Waals surface area contributed by atoms with Crippen LogP contribution in [0.2, 0.25) is 5.02 Å². The Morgan fingerprint density at radius 1 is 1.13 bits per heavy atom. The number of benzene rings is 1. The molecular formula is C24H28ClNO5. The zero-order valence-corrected chi connectivity index (χ0v) is 18.6. The second-order valence-electron chi connectivity index (χ2n) is 8.75. The van der Waals surface area contributed by atoms with Gasteiger partial charge in [-0.05, 0) is 75.8 Å². The van der Waals surface area contributed by atoms with Crippen molar-refractivity contribution in [2.75, 3.05) is 13.2 Å². The van der Waals surface area contributed by atoms with Gasteiger partial charge < -0.3 is 14.5 Å². The van der Waals surface area contributed by atoms with Gasteiger partial charge in [-0.15, -0.1) is 0 Å². The van der Waals surface area contributed by atoms with E-state index in [0.717, 1.165) is 67.9 Å². The van der Waals surface area contributed by atoms with Crippen molar-refractivity contribution in [3.05, 3.63) is 38.7 Å². The Morgan fingerprint density at radius 3 is 2.55 bits per heavy atom. The molecule has 7 heteroatoms. The lowest BCUT2D eigenvalue weighted by Crippen LogP contribution is -2.35. The number of nitrogens with one attached hydrogen (secondary N) is 1. The summed E-state index contributed by atoms with van der Waals surface area (Å²) in [5.74, 6) is 0.932. The lowest BCUT2D eigenvalue weighted by atomic mass is 9.80. The van der Waals surface area contributed by atoms with Gasteiger partial charge in [0, 0.05) is 29.5 Å². The van der Waals surface area contributed by atoms with E-state index in [9.17, 15) is 14.4 Å². The maximum Gasteiger partial charge on any atom is 0.339 e. The maximum atomic E-state index is 12.3. The Hall–Kier alpha value is -2.34. The Kier molecular flexibility index (Phi) is 6.65. The van der Waals surface area contributed by atoms with Crippen LogP contribution in [0.3, 0.4) is 0 Å². The number of carbonyl (C=O) groups is 2. The zero-order valence-electron chi connectivity index (χ0n) is 17.8. The van der Waals surface area contributed by atoms with Gasteiger partial charge in [0.15, 0.2) is 6.61 Å². The molecule has 0 atom stereocenters. The molecule has 2 aromatic rings. The first kappa shape index (κ1) is 21.9. The van der Waals surface area contributed by atoms with Gasteiger partial charge in [-0.2, -0.15) is 0 Å². The van der Waals surface area contributed by atoms with Crippen molar-refractivity contribution in [1.82, 2.24) is 5.32 Å². The highest BCUT2D eigenvalue weighted by Gasteiger charge is 2.24. The van der Waals surface area contributed by atoms with E-state index in [4.69, 9.17) is 20.8 Å². The average molecular weight is 446 g/mol. The highest BCUT2D eigenvalue weighted by molar-refractivity contribution is 6.32. The first-order valence-corrected chi connectivity index (χ1v) is 11.5. The molecule has 0 spiro atoms. The zero-order chi connectivity index (χ0) is 22.0. The number of rotatable bonds is 6. The van der Waals surface area contributed by atoms with Gasteiger partial charge in [-0.1, -0.05) is 11.6 Å². The predicted molar refractivity (Wildman–Crippen MR) is 119 cm³/mol. The van der Waals surface area contributed by atoms with Gasteiger partial charge in [0.1, 0.15) is 17.1 Å². The molecule has 1 heterocycles. The minimum absolute atomic E-state index is 0.164. The number of halogens is 1. The summed E-state index contributed by atoms with van der Waals surface area (Å²) in [6.07, 6.45) is 7.30. The number of ether oxygens (including phenoxy) is 1. The standard InChI is InChI=1S/C24H28ClNO5/c1-14(27)16-8-6-15(7-9-16)12-26-23(28)13-30-22-11-21-19(10-20(22)25)17-4-2-3-5-18(17)24(29)31-21/h10-11,15-16H,2-9,12-13H2,1H3,(H,26,28)/t15-,16-. The van der Waals surface area contributed by atoms with Crippen molar-refractivity contribution in [2.24, 2.45) is 11.8 Å². The molecule has 4 rings (SSSR count). The van der Waals surface area contributed by atoms with E-state index < -0.39 is 0 Å². The van der Waals surface area contributed by atoms with Crippen LogP contribution in [0.5, 0.6) is 5.75 Å². The van der Waals surface area contributed by atoms with E-state index in [2.05, 4.69) is 5.32 Å². The molecule has 0 unspecified atom stereocenters. The molecule has 0 aliphatic heterocycles. The van der Waals surface area contributed by atoms with Crippen LogP contribution in [0.25, 0.3) is 11.0 Å². The van der Waals surface area contributed by atoms with E-state index in [-0.39, 0.29) is 29.8 Å². The van der Waals surface area contributed by atoms with Gasteiger partial charge in [0.05, 0.1) is 5.02 Å². The molecule has 0 bridgehead atoms. The smallest absolute Gasteiger partial charge is 0.339 e. The number of Topliss-reactive ketones (excluding diaryl/α,β-unsaturated/α-hetero) is 1. The Balaban J connectivity index is 1.35. The highest BCUT2D eigenvalue weighted by atomic mass is 35.5. The summed E-state index contributed by atoms with van der Waals surface area (Å²) in [5, 5.41) is 4.15. The molecule has 0 radical (unpaired) electrons. The molecule has 1 aromatic carbocycles.